The Bertz CT molecular complexity index is 1280. The van der Waals surface area contributed by atoms with E-state index in [9.17, 15) is 10.1 Å². The van der Waals surface area contributed by atoms with Gasteiger partial charge in [-0.2, -0.15) is 5.26 Å². The number of carbonyl (C=O) groups excluding carboxylic acids is 1. The van der Waals surface area contributed by atoms with Crippen molar-refractivity contribution in [2.45, 2.75) is 6.92 Å². The molecule has 0 saturated heterocycles. The number of thiophene rings is 1. The third-order valence-electron chi connectivity index (χ3n) is 4.45. The number of aromatic nitrogens is 1. The van der Waals surface area contributed by atoms with Crippen LogP contribution in [0, 0.1) is 18.3 Å². The number of nitrogens with zero attached hydrogens (tertiary/aromatic N) is 2. The van der Waals surface area contributed by atoms with Crippen LogP contribution in [-0.4, -0.2) is 10.9 Å². The highest BCUT2D eigenvalue weighted by molar-refractivity contribution is 7.19. The molecule has 4 rings (SSSR count). The Kier molecular flexibility index (Phi) is 6.28. The highest BCUT2D eigenvalue weighted by Gasteiger charge is 2.19. The van der Waals surface area contributed by atoms with Crippen LogP contribution in [0.4, 0.5) is 5.00 Å². The molecule has 0 aliphatic rings. The van der Waals surface area contributed by atoms with Gasteiger partial charge < -0.3 is 5.32 Å². The summed E-state index contributed by atoms with van der Waals surface area (Å²) < 4.78 is 0. The van der Waals surface area contributed by atoms with Crippen molar-refractivity contribution in [3.05, 3.63) is 92.8 Å². The third-order valence-corrected chi connectivity index (χ3v) is 6.59. The molecule has 1 amide bonds. The van der Waals surface area contributed by atoms with Crippen LogP contribution < -0.4 is 5.32 Å². The van der Waals surface area contributed by atoms with E-state index in [4.69, 9.17) is 16.6 Å². The second-order valence-corrected chi connectivity index (χ2v) is 9.10. The molecule has 0 aliphatic heterocycles. The van der Waals surface area contributed by atoms with E-state index in [1.165, 1.54) is 22.7 Å². The largest absolute Gasteiger partial charge is 0.312 e. The van der Waals surface area contributed by atoms with Gasteiger partial charge in [0.2, 0.25) is 0 Å². The lowest BCUT2D eigenvalue weighted by Crippen LogP contribution is -2.11. The fourth-order valence-electron chi connectivity index (χ4n) is 2.85. The molecular weight excluding hydrogens is 446 g/mol. The highest BCUT2D eigenvalue weighted by atomic mass is 35.5. The monoisotopic (exact) mass is 461 g/mol. The van der Waals surface area contributed by atoms with Crippen LogP contribution in [0.2, 0.25) is 5.02 Å². The number of amides is 1. The van der Waals surface area contributed by atoms with Crippen LogP contribution in [0.5, 0.6) is 0 Å². The lowest BCUT2D eigenvalue weighted by atomic mass is 10.1. The molecule has 7 heteroatoms. The van der Waals surface area contributed by atoms with Crippen LogP contribution in [0.1, 0.15) is 26.5 Å². The number of allylic oxidation sites excluding steroid dienone is 1. The zero-order valence-corrected chi connectivity index (χ0v) is 18.8. The summed E-state index contributed by atoms with van der Waals surface area (Å²) in [7, 11) is 0. The van der Waals surface area contributed by atoms with E-state index in [1.54, 1.807) is 30.3 Å². The fourth-order valence-corrected chi connectivity index (χ4v) is 4.70. The number of benzene rings is 2. The van der Waals surface area contributed by atoms with Crippen molar-refractivity contribution in [3.8, 4) is 16.6 Å². The zero-order chi connectivity index (χ0) is 21.8. The normalized spacial score (nSPS) is 11.2. The zero-order valence-electron chi connectivity index (χ0n) is 16.4. The van der Waals surface area contributed by atoms with Gasteiger partial charge in [0.25, 0.3) is 5.91 Å². The average molecular weight is 462 g/mol. The molecule has 0 unspecified atom stereocenters. The maximum Gasteiger partial charge on any atom is 0.256 e. The standard InChI is InChI=1S/C24H16ClN3OS2/c1-15-4-6-16(7-5-15)13-18(14-26)23-27-21(20-3-2-12-30-20)24(31-23)28-22(29)17-8-10-19(25)11-9-17/h2-13H,1H3,(H,28,29). The molecule has 2 aromatic heterocycles. The van der Waals surface area contributed by atoms with Gasteiger partial charge in [-0.1, -0.05) is 58.8 Å². The van der Waals surface area contributed by atoms with E-state index in [2.05, 4.69) is 11.4 Å². The van der Waals surface area contributed by atoms with E-state index in [0.717, 1.165) is 16.0 Å². The lowest BCUT2D eigenvalue weighted by Gasteiger charge is -2.04. The molecule has 2 aromatic carbocycles. The van der Waals surface area contributed by atoms with Crippen LogP contribution in [0.25, 0.3) is 22.2 Å². The minimum Gasteiger partial charge on any atom is -0.312 e. The third kappa shape index (κ3) is 4.92. The van der Waals surface area contributed by atoms with Crippen LogP contribution >= 0.6 is 34.3 Å². The number of anilines is 1. The Morgan fingerprint density at radius 1 is 1.13 bits per heavy atom. The number of nitrogens with one attached hydrogen (secondary N) is 1. The second kappa shape index (κ2) is 9.27. The van der Waals surface area contributed by atoms with Crippen molar-refractivity contribution in [1.29, 1.82) is 5.26 Å². The first-order chi connectivity index (χ1) is 15.0. The molecule has 2 heterocycles. The topological polar surface area (TPSA) is 65.8 Å². The number of hydrogen-bond donors (Lipinski definition) is 1. The summed E-state index contributed by atoms with van der Waals surface area (Å²) >= 11 is 8.74. The quantitative estimate of drug-likeness (QED) is 0.321. The number of thiazole rings is 1. The van der Waals surface area contributed by atoms with Gasteiger partial charge in [-0.15, -0.1) is 11.3 Å². The van der Waals surface area contributed by atoms with Gasteiger partial charge >= 0.3 is 0 Å². The van der Waals surface area contributed by atoms with Crippen molar-refractivity contribution in [2.75, 3.05) is 5.32 Å². The van der Waals surface area contributed by atoms with E-state index >= 15 is 0 Å². The Morgan fingerprint density at radius 3 is 2.52 bits per heavy atom. The number of carbonyl (C=O) groups is 1. The fraction of sp³-hybridized carbons (Fsp3) is 0.0417. The second-order valence-electron chi connectivity index (χ2n) is 6.72. The number of rotatable bonds is 5. The molecule has 4 aromatic rings. The van der Waals surface area contributed by atoms with Gasteiger partial charge in [0.15, 0.2) is 0 Å². The van der Waals surface area contributed by atoms with Crippen molar-refractivity contribution in [3.63, 3.8) is 0 Å². The van der Waals surface area contributed by atoms with Gasteiger partial charge in [0, 0.05) is 10.6 Å². The Balaban J connectivity index is 1.71. The van der Waals surface area contributed by atoms with Gasteiger partial charge in [-0.25, -0.2) is 4.98 Å². The first-order valence-corrected chi connectivity index (χ1v) is 11.4. The summed E-state index contributed by atoms with van der Waals surface area (Å²) in [6, 6.07) is 20.7. The molecule has 152 valence electrons. The van der Waals surface area contributed by atoms with Crippen LogP contribution in [0.3, 0.4) is 0 Å². The van der Waals surface area contributed by atoms with Crippen molar-refractivity contribution in [2.24, 2.45) is 0 Å². The first-order valence-electron chi connectivity index (χ1n) is 9.34. The molecule has 0 radical (unpaired) electrons. The molecule has 0 fully saturated rings. The van der Waals surface area contributed by atoms with E-state index in [1.807, 2.05) is 48.7 Å². The Labute approximate surface area is 193 Å². The van der Waals surface area contributed by atoms with Gasteiger partial charge in [-0.05, 0) is 54.3 Å². The molecule has 4 nitrogen and oxygen atoms in total. The predicted molar refractivity (Wildman–Crippen MR) is 129 cm³/mol. The highest BCUT2D eigenvalue weighted by Crippen LogP contribution is 2.38. The van der Waals surface area contributed by atoms with Gasteiger partial charge in [0.1, 0.15) is 21.8 Å². The SMILES string of the molecule is Cc1ccc(C=C(C#N)c2nc(-c3cccs3)c(NC(=O)c3ccc(Cl)cc3)s2)cc1. The molecule has 0 bridgehead atoms. The van der Waals surface area contributed by atoms with Crippen LogP contribution in [0.15, 0.2) is 66.0 Å². The minimum absolute atomic E-state index is 0.259. The molecule has 0 aliphatic carbocycles. The summed E-state index contributed by atoms with van der Waals surface area (Å²) in [5.74, 6) is -0.259. The Morgan fingerprint density at radius 2 is 1.87 bits per heavy atom. The minimum atomic E-state index is -0.259. The van der Waals surface area contributed by atoms with Crippen LogP contribution in [-0.2, 0) is 0 Å². The first kappa shape index (κ1) is 21.0. The number of halogens is 1. The van der Waals surface area contributed by atoms with Gasteiger partial charge in [0.05, 0.1) is 10.5 Å². The van der Waals surface area contributed by atoms with Crippen molar-refractivity contribution in [1.82, 2.24) is 4.98 Å². The maximum absolute atomic E-state index is 12.8. The smallest absolute Gasteiger partial charge is 0.256 e. The lowest BCUT2D eigenvalue weighted by molar-refractivity contribution is 0.102. The van der Waals surface area contributed by atoms with Gasteiger partial charge in [-0.3, -0.25) is 4.79 Å². The van der Waals surface area contributed by atoms with E-state index < -0.39 is 0 Å². The molecule has 0 saturated carbocycles. The number of aryl methyl sites for hydroxylation is 1. The average Bonchev–Trinajstić information content (AvgIpc) is 3.44. The summed E-state index contributed by atoms with van der Waals surface area (Å²) in [5.41, 5.74) is 3.66. The summed E-state index contributed by atoms with van der Waals surface area (Å²) in [4.78, 5) is 18.4. The summed E-state index contributed by atoms with van der Waals surface area (Å²) in [6.45, 7) is 2.02. The molecule has 0 spiro atoms. The molecule has 0 atom stereocenters. The molecular formula is C24H16ClN3OS2. The Hall–Kier alpha value is -3.24. The molecule has 31 heavy (non-hydrogen) atoms. The molecule has 1 N–H and O–H groups in total. The maximum atomic E-state index is 12.8. The van der Waals surface area contributed by atoms with Crippen molar-refractivity contribution < 1.29 is 4.79 Å². The summed E-state index contributed by atoms with van der Waals surface area (Å²) in [5, 5.41) is 16.4. The number of hydrogen-bond acceptors (Lipinski definition) is 5. The van der Waals surface area contributed by atoms with E-state index in [-0.39, 0.29) is 5.91 Å². The number of nitriles is 1. The predicted octanol–water partition coefficient (Wildman–Crippen LogP) is 7.15. The van der Waals surface area contributed by atoms with Crippen molar-refractivity contribution >= 4 is 56.8 Å². The van der Waals surface area contributed by atoms with E-state index in [0.29, 0.717) is 31.9 Å². The summed E-state index contributed by atoms with van der Waals surface area (Å²) in [6.07, 6.45) is 1.81.